The molecule has 0 saturated heterocycles. The molecule has 0 spiro atoms. The molecule has 9 atom stereocenters. The molecule has 0 bridgehead atoms. The molecule has 0 aromatic heterocycles. The Kier molecular flexibility index (Phi) is 5.03. The fraction of sp³-hybridized carbons (Fsp3) is 0.955. The minimum Gasteiger partial charge on any atom is -0.390 e. The number of aliphatic hydroxyl groups is 1. The van der Waals surface area contributed by atoms with Gasteiger partial charge in [0, 0.05) is 0 Å². The molecule has 4 rings (SSSR count). The van der Waals surface area contributed by atoms with E-state index in [0.29, 0.717) is 36.5 Å². The molecule has 0 aliphatic heterocycles. The van der Waals surface area contributed by atoms with Crippen molar-refractivity contribution in [3.05, 3.63) is 0 Å². The molecule has 0 aromatic rings. The van der Waals surface area contributed by atoms with Crippen molar-refractivity contribution in [3.8, 4) is 6.07 Å². The third kappa shape index (κ3) is 3.17. The molecule has 4 saturated carbocycles. The zero-order valence-electron chi connectivity index (χ0n) is 16.8. The molecule has 28 heavy (non-hydrogen) atoms. The summed E-state index contributed by atoms with van der Waals surface area (Å²) in [5.41, 5.74) is 0.0178. The van der Waals surface area contributed by atoms with Gasteiger partial charge in [0.1, 0.15) is 6.61 Å². The van der Waals surface area contributed by atoms with Gasteiger partial charge in [-0.15, -0.1) is 0 Å². The summed E-state index contributed by atoms with van der Waals surface area (Å²) < 4.78 is 43.2. The molecule has 1 N–H and O–H groups in total. The van der Waals surface area contributed by atoms with Crippen molar-refractivity contribution in [2.24, 2.45) is 40.4 Å². The summed E-state index contributed by atoms with van der Waals surface area (Å²) in [4.78, 5) is 0. The Morgan fingerprint density at radius 1 is 1.07 bits per heavy atom. The lowest BCUT2D eigenvalue weighted by Gasteiger charge is -2.61. The predicted molar refractivity (Wildman–Crippen MR) is 98.0 cm³/mol. The first kappa shape index (κ1) is 20.5. The van der Waals surface area contributed by atoms with Gasteiger partial charge < -0.3 is 9.84 Å². The van der Waals surface area contributed by atoms with Gasteiger partial charge >= 0.3 is 6.18 Å². The van der Waals surface area contributed by atoms with Gasteiger partial charge in [-0.25, -0.2) is 0 Å². The van der Waals surface area contributed by atoms with Gasteiger partial charge in [-0.2, -0.15) is 18.4 Å². The number of halogens is 3. The first-order chi connectivity index (χ1) is 13.1. The van der Waals surface area contributed by atoms with Crippen LogP contribution in [0.3, 0.4) is 0 Å². The van der Waals surface area contributed by atoms with Gasteiger partial charge in [-0.05, 0) is 85.9 Å². The predicted octanol–water partition coefficient (Wildman–Crippen LogP) is 5.09. The fourth-order valence-corrected chi connectivity index (χ4v) is 7.84. The highest BCUT2D eigenvalue weighted by Gasteiger charge is 2.61. The topological polar surface area (TPSA) is 53.2 Å². The summed E-state index contributed by atoms with van der Waals surface area (Å²) in [6.45, 7) is 3.25. The molecule has 6 heteroatoms. The van der Waals surface area contributed by atoms with E-state index < -0.39 is 25.0 Å². The molecule has 0 aromatic carbocycles. The lowest BCUT2D eigenvalue weighted by atomic mass is 9.44. The van der Waals surface area contributed by atoms with Crippen molar-refractivity contribution >= 4 is 0 Å². The maximum atomic E-state index is 12.7. The second-order valence-electron chi connectivity index (χ2n) is 10.4. The molecule has 0 amide bonds. The Labute approximate surface area is 165 Å². The van der Waals surface area contributed by atoms with Gasteiger partial charge in [0.25, 0.3) is 0 Å². The second kappa shape index (κ2) is 6.87. The number of nitrogens with zero attached hydrogens (tertiary/aromatic N) is 1. The van der Waals surface area contributed by atoms with Crippen LogP contribution in [0.15, 0.2) is 0 Å². The van der Waals surface area contributed by atoms with Crippen LogP contribution in [0, 0.1) is 51.8 Å². The molecule has 4 aliphatic carbocycles. The van der Waals surface area contributed by atoms with E-state index in [9.17, 15) is 23.5 Å². The van der Waals surface area contributed by atoms with Gasteiger partial charge in [0.05, 0.1) is 24.2 Å². The van der Waals surface area contributed by atoms with E-state index in [1.807, 2.05) is 0 Å². The molecule has 3 nitrogen and oxygen atoms in total. The monoisotopic (exact) mass is 399 g/mol. The number of alkyl halides is 3. The fourth-order valence-electron chi connectivity index (χ4n) is 7.84. The molecular formula is C22H32F3NO2. The van der Waals surface area contributed by atoms with E-state index in [1.54, 1.807) is 0 Å². The Morgan fingerprint density at radius 3 is 2.46 bits per heavy atom. The molecule has 158 valence electrons. The van der Waals surface area contributed by atoms with Gasteiger partial charge in [-0.3, -0.25) is 0 Å². The molecule has 0 heterocycles. The van der Waals surface area contributed by atoms with Crippen molar-refractivity contribution < 1.29 is 23.0 Å². The van der Waals surface area contributed by atoms with Crippen molar-refractivity contribution in [3.63, 3.8) is 0 Å². The number of ether oxygens (including phenoxy) is 1. The van der Waals surface area contributed by atoms with Gasteiger partial charge in [0.15, 0.2) is 0 Å². The van der Waals surface area contributed by atoms with Gasteiger partial charge in [-0.1, -0.05) is 13.8 Å². The van der Waals surface area contributed by atoms with Crippen molar-refractivity contribution in [1.82, 2.24) is 0 Å². The zero-order valence-corrected chi connectivity index (χ0v) is 16.8. The maximum Gasteiger partial charge on any atom is 0.411 e. The number of hydrogen-bond acceptors (Lipinski definition) is 3. The normalized spacial score (nSPS) is 51.0. The Bertz CT molecular complexity index is 647. The van der Waals surface area contributed by atoms with Crippen LogP contribution < -0.4 is 0 Å². The Morgan fingerprint density at radius 2 is 1.79 bits per heavy atom. The van der Waals surface area contributed by atoms with Crippen molar-refractivity contribution in [2.45, 2.75) is 83.6 Å². The van der Waals surface area contributed by atoms with Crippen LogP contribution in [0.2, 0.25) is 0 Å². The number of nitriles is 1. The molecular weight excluding hydrogens is 367 g/mol. The van der Waals surface area contributed by atoms with Crippen LogP contribution in [0.1, 0.15) is 65.2 Å². The summed E-state index contributed by atoms with van der Waals surface area (Å²) in [7, 11) is 0. The maximum absolute atomic E-state index is 12.7. The summed E-state index contributed by atoms with van der Waals surface area (Å²) in [6.07, 6.45) is 1.49. The third-order valence-corrected chi connectivity index (χ3v) is 9.28. The number of hydrogen-bond donors (Lipinski definition) is 1. The van der Waals surface area contributed by atoms with E-state index in [0.717, 1.165) is 38.5 Å². The van der Waals surface area contributed by atoms with Crippen LogP contribution >= 0.6 is 0 Å². The largest absolute Gasteiger partial charge is 0.411 e. The smallest absolute Gasteiger partial charge is 0.390 e. The summed E-state index contributed by atoms with van der Waals surface area (Å²) >= 11 is 0. The SMILES string of the molecule is C[C@]12C[C@H](OCC(F)(F)F)[C@@H](O)CC1CC[C@@H]1C2CC[C@@]2(C)C1CC[C@@H]2C#N. The number of fused-ring (bicyclic) bond motifs is 5. The van der Waals surface area contributed by atoms with Gasteiger partial charge in [0.2, 0.25) is 0 Å². The second-order valence-corrected chi connectivity index (χ2v) is 10.4. The molecule has 4 aliphatic rings. The van der Waals surface area contributed by atoms with Crippen LogP contribution in [0.5, 0.6) is 0 Å². The van der Waals surface area contributed by atoms with Crippen LogP contribution in [-0.4, -0.2) is 30.1 Å². The molecule has 3 unspecified atom stereocenters. The number of aliphatic hydroxyl groups excluding tert-OH is 1. The summed E-state index contributed by atoms with van der Waals surface area (Å²) in [5.74, 6) is 2.06. The minimum absolute atomic E-state index is 0.0789. The van der Waals surface area contributed by atoms with E-state index in [1.165, 1.54) is 0 Å². The summed E-state index contributed by atoms with van der Waals surface area (Å²) in [5, 5.41) is 20.1. The van der Waals surface area contributed by atoms with E-state index in [2.05, 4.69) is 19.9 Å². The lowest BCUT2D eigenvalue weighted by Crippen LogP contribution is -2.57. The average Bonchev–Trinajstić information content (AvgIpc) is 2.96. The zero-order chi connectivity index (χ0) is 20.3. The first-order valence-electron chi connectivity index (χ1n) is 10.8. The van der Waals surface area contributed by atoms with Crippen molar-refractivity contribution in [1.29, 1.82) is 5.26 Å². The highest BCUT2D eigenvalue weighted by atomic mass is 19.4. The van der Waals surface area contributed by atoms with Crippen LogP contribution in [-0.2, 0) is 4.74 Å². The molecule has 0 radical (unpaired) electrons. The van der Waals surface area contributed by atoms with Crippen LogP contribution in [0.25, 0.3) is 0 Å². The van der Waals surface area contributed by atoms with E-state index >= 15 is 0 Å². The van der Waals surface area contributed by atoms with E-state index in [4.69, 9.17) is 4.74 Å². The highest BCUT2D eigenvalue weighted by molar-refractivity contribution is 5.13. The Hall–Kier alpha value is -0.800. The summed E-state index contributed by atoms with van der Waals surface area (Å²) in [6, 6.07) is 2.55. The number of rotatable bonds is 2. The Balaban J connectivity index is 1.54. The third-order valence-electron chi connectivity index (χ3n) is 9.28. The first-order valence-corrected chi connectivity index (χ1v) is 10.8. The lowest BCUT2D eigenvalue weighted by molar-refractivity contribution is -0.220. The molecule has 4 fully saturated rings. The van der Waals surface area contributed by atoms with Crippen molar-refractivity contribution in [2.75, 3.05) is 6.61 Å². The standard InChI is InChI=1S/C22H32F3NO2/c1-20-8-7-17-15(16(20)6-4-14(20)11-26)5-3-13-9-18(27)19(10-21(13,17)2)28-12-22(23,24)25/h13-19,27H,3-10,12H2,1-2H3/t13?,14-,15+,16?,17?,18+,19+,20-,21+/m1/s1. The quantitative estimate of drug-likeness (QED) is 0.704. The average molecular weight is 399 g/mol. The van der Waals surface area contributed by atoms with Crippen LogP contribution in [0.4, 0.5) is 13.2 Å². The minimum atomic E-state index is -4.37. The highest BCUT2D eigenvalue weighted by Crippen LogP contribution is 2.67. The van der Waals surface area contributed by atoms with E-state index in [-0.39, 0.29) is 16.7 Å².